The maximum atomic E-state index is 11.4. The van der Waals surface area contributed by atoms with Crippen LogP contribution in [0.4, 0.5) is 0 Å². The van der Waals surface area contributed by atoms with Gasteiger partial charge in [0.2, 0.25) is 0 Å². The van der Waals surface area contributed by atoms with Crippen LogP contribution in [0.25, 0.3) is 0 Å². The van der Waals surface area contributed by atoms with Crippen LogP contribution < -0.4 is 0 Å². The van der Waals surface area contributed by atoms with Crippen molar-refractivity contribution in [2.45, 2.75) is 23.5 Å². The standard InChI is InChI=1S/C11H10O3S/c1-6-5-8-7(10(12)11(13)14)3-2-4-9(8)15-6/h2-4,6H,5H2,1H3,(H,13,14). The summed E-state index contributed by atoms with van der Waals surface area (Å²) in [5.41, 5.74) is 1.24. The molecule has 0 amide bonds. The zero-order chi connectivity index (χ0) is 11.0. The molecule has 3 nitrogen and oxygen atoms in total. The Morgan fingerprint density at radius 2 is 2.20 bits per heavy atom. The van der Waals surface area contributed by atoms with Gasteiger partial charge in [-0.15, -0.1) is 11.8 Å². The predicted molar refractivity (Wildman–Crippen MR) is 57.4 cm³/mol. The molecule has 1 unspecified atom stereocenters. The van der Waals surface area contributed by atoms with Crippen LogP contribution in [0, 0.1) is 0 Å². The zero-order valence-electron chi connectivity index (χ0n) is 8.19. The second kappa shape index (κ2) is 3.70. The Labute approximate surface area is 91.5 Å². The van der Waals surface area contributed by atoms with Crippen molar-refractivity contribution in [3.8, 4) is 0 Å². The molecule has 0 spiro atoms. The van der Waals surface area contributed by atoms with Crippen molar-refractivity contribution < 1.29 is 14.7 Å². The highest BCUT2D eigenvalue weighted by Crippen LogP contribution is 2.38. The van der Waals surface area contributed by atoms with Crippen molar-refractivity contribution in [2.24, 2.45) is 0 Å². The Bertz CT molecular complexity index is 439. The number of rotatable bonds is 2. The van der Waals surface area contributed by atoms with Crippen molar-refractivity contribution in [3.63, 3.8) is 0 Å². The van der Waals surface area contributed by atoms with E-state index in [0.717, 1.165) is 16.9 Å². The fraction of sp³-hybridized carbons (Fsp3) is 0.273. The average Bonchev–Trinajstić information content (AvgIpc) is 2.56. The normalized spacial score (nSPS) is 18.6. The molecule has 0 fully saturated rings. The average molecular weight is 222 g/mol. The number of carboxylic acids is 1. The number of fused-ring (bicyclic) bond motifs is 1. The van der Waals surface area contributed by atoms with Gasteiger partial charge in [-0.1, -0.05) is 19.1 Å². The van der Waals surface area contributed by atoms with E-state index in [1.54, 1.807) is 23.9 Å². The van der Waals surface area contributed by atoms with Crippen molar-refractivity contribution in [2.75, 3.05) is 0 Å². The second-order valence-electron chi connectivity index (χ2n) is 3.55. The molecule has 0 radical (unpaired) electrons. The third-order valence-electron chi connectivity index (χ3n) is 2.39. The molecule has 78 valence electrons. The summed E-state index contributed by atoms with van der Waals surface area (Å²) in [5, 5.41) is 9.10. The minimum Gasteiger partial charge on any atom is -0.475 e. The van der Waals surface area contributed by atoms with Gasteiger partial charge in [0.05, 0.1) is 0 Å². The van der Waals surface area contributed by atoms with Crippen LogP contribution in [0.15, 0.2) is 23.1 Å². The fourth-order valence-corrected chi connectivity index (χ4v) is 2.94. The first-order chi connectivity index (χ1) is 7.09. The largest absolute Gasteiger partial charge is 0.475 e. The van der Waals surface area contributed by atoms with Crippen molar-refractivity contribution in [1.82, 2.24) is 0 Å². The Kier molecular flexibility index (Phi) is 2.52. The highest BCUT2D eigenvalue weighted by atomic mass is 32.2. The van der Waals surface area contributed by atoms with Gasteiger partial charge < -0.3 is 5.11 Å². The Balaban J connectivity index is 2.47. The lowest BCUT2D eigenvalue weighted by Gasteiger charge is -2.03. The number of hydrogen-bond donors (Lipinski definition) is 1. The van der Waals surface area contributed by atoms with Gasteiger partial charge >= 0.3 is 5.97 Å². The number of aliphatic carboxylic acids is 1. The van der Waals surface area contributed by atoms with E-state index in [2.05, 4.69) is 6.92 Å². The number of ketones is 1. The molecular formula is C11H10O3S. The van der Waals surface area contributed by atoms with Gasteiger partial charge in [0.1, 0.15) is 0 Å². The van der Waals surface area contributed by atoms with Gasteiger partial charge in [0.25, 0.3) is 5.78 Å². The molecule has 0 aliphatic carbocycles. The van der Waals surface area contributed by atoms with Crippen LogP contribution in [-0.4, -0.2) is 22.1 Å². The van der Waals surface area contributed by atoms with E-state index in [1.807, 2.05) is 6.07 Å². The van der Waals surface area contributed by atoms with Crippen LogP contribution in [0.3, 0.4) is 0 Å². The Morgan fingerprint density at radius 1 is 1.47 bits per heavy atom. The van der Waals surface area contributed by atoms with Gasteiger partial charge in [-0.05, 0) is 18.1 Å². The van der Waals surface area contributed by atoms with Crippen LogP contribution in [-0.2, 0) is 11.2 Å². The van der Waals surface area contributed by atoms with Crippen LogP contribution in [0.5, 0.6) is 0 Å². The van der Waals surface area contributed by atoms with E-state index in [0.29, 0.717) is 10.8 Å². The number of Topliss-reactive ketones (excluding diaryl/α,β-unsaturated/α-hetero) is 1. The Hall–Kier alpha value is -1.29. The lowest BCUT2D eigenvalue weighted by Crippen LogP contribution is -2.15. The molecule has 0 saturated heterocycles. The lowest BCUT2D eigenvalue weighted by atomic mass is 10.0. The summed E-state index contributed by atoms with van der Waals surface area (Å²) in [4.78, 5) is 23.1. The molecule has 2 rings (SSSR count). The molecule has 1 heterocycles. The molecule has 0 bridgehead atoms. The van der Waals surface area contributed by atoms with Gasteiger partial charge in [-0.3, -0.25) is 4.79 Å². The molecule has 1 N–H and O–H groups in total. The third-order valence-corrected chi connectivity index (χ3v) is 3.60. The fourth-order valence-electron chi connectivity index (χ4n) is 1.76. The monoisotopic (exact) mass is 222 g/mol. The topological polar surface area (TPSA) is 54.4 Å². The summed E-state index contributed by atoms with van der Waals surface area (Å²) < 4.78 is 0. The summed E-state index contributed by atoms with van der Waals surface area (Å²) in [6.45, 7) is 2.07. The molecule has 1 atom stereocenters. The minimum atomic E-state index is -1.38. The minimum absolute atomic E-state index is 0.344. The molecule has 1 aromatic carbocycles. The maximum absolute atomic E-state index is 11.4. The zero-order valence-corrected chi connectivity index (χ0v) is 9.00. The molecule has 0 aromatic heterocycles. The van der Waals surface area contributed by atoms with E-state index in [4.69, 9.17) is 5.11 Å². The quantitative estimate of drug-likeness (QED) is 0.614. The molecule has 0 saturated carbocycles. The smallest absolute Gasteiger partial charge is 0.377 e. The molecular weight excluding hydrogens is 212 g/mol. The summed E-state index contributed by atoms with van der Waals surface area (Å²) in [7, 11) is 0. The first kappa shape index (κ1) is 10.2. The van der Waals surface area contributed by atoms with Crippen molar-refractivity contribution >= 4 is 23.5 Å². The summed E-state index contributed by atoms with van der Waals surface area (Å²) >= 11 is 1.69. The summed E-state index contributed by atoms with van der Waals surface area (Å²) in [6, 6.07) is 5.26. The van der Waals surface area contributed by atoms with E-state index in [-0.39, 0.29) is 0 Å². The lowest BCUT2D eigenvalue weighted by molar-refractivity contribution is -0.131. The van der Waals surface area contributed by atoms with E-state index >= 15 is 0 Å². The van der Waals surface area contributed by atoms with Gasteiger partial charge in [-0.2, -0.15) is 0 Å². The van der Waals surface area contributed by atoms with Gasteiger partial charge in [0.15, 0.2) is 0 Å². The number of benzene rings is 1. The molecule has 1 aromatic rings. The summed E-state index contributed by atoms with van der Waals surface area (Å²) in [6.07, 6.45) is 0.773. The van der Waals surface area contributed by atoms with E-state index < -0.39 is 11.8 Å². The van der Waals surface area contributed by atoms with E-state index in [9.17, 15) is 9.59 Å². The maximum Gasteiger partial charge on any atom is 0.377 e. The molecule has 1 aliphatic rings. The molecule has 1 aliphatic heterocycles. The molecule has 15 heavy (non-hydrogen) atoms. The molecule has 4 heteroatoms. The van der Waals surface area contributed by atoms with Crippen LogP contribution >= 0.6 is 11.8 Å². The summed E-state index contributed by atoms with van der Waals surface area (Å²) in [5.74, 6) is -2.19. The predicted octanol–water partition coefficient (Wildman–Crippen LogP) is 1.99. The van der Waals surface area contributed by atoms with Crippen LogP contribution in [0.1, 0.15) is 22.8 Å². The third kappa shape index (κ3) is 1.77. The highest BCUT2D eigenvalue weighted by molar-refractivity contribution is 8.00. The highest BCUT2D eigenvalue weighted by Gasteiger charge is 2.26. The van der Waals surface area contributed by atoms with Crippen molar-refractivity contribution in [1.29, 1.82) is 0 Å². The Morgan fingerprint density at radius 3 is 2.87 bits per heavy atom. The number of carbonyl (C=O) groups excluding carboxylic acids is 1. The number of hydrogen-bond acceptors (Lipinski definition) is 3. The van der Waals surface area contributed by atoms with Crippen molar-refractivity contribution in [3.05, 3.63) is 29.3 Å². The number of carbonyl (C=O) groups is 2. The number of thioether (sulfide) groups is 1. The number of carboxylic acid groups (broad SMARTS) is 1. The van der Waals surface area contributed by atoms with Crippen LogP contribution in [0.2, 0.25) is 0 Å². The first-order valence-electron chi connectivity index (χ1n) is 4.65. The second-order valence-corrected chi connectivity index (χ2v) is 5.03. The van der Waals surface area contributed by atoms with E-state index in [1.165, 1.54) is 0 Å². The first-order valence-corrected chi connectivity index (χ1v) is 5.53. The SMILES string of the molecule is CC1Cc2c(cccc2C(=O)C(=O)O)S1. The van der Waals surface area contributed by atoms with Gasteiger partial charge in [-0.25, -0.2) is 4.79 Å². The van der Waals surface area contributed by atoms with Gasteiger partial charge in [0, 0.05) is 15.7 Å².